The van der Waals surface area contributed by atoms with Gasteiger partial charge in [-0.15, -0.1) is 0 Å². The topological polar surface area (TPSA) is 0 Å². The summed E-state index contributed by atoms with van der Waals surface area (Å²) >= 11 is 9.12. The van der Waals surface area contributed by atoms with Crippen LogP contribution in [0.25, 0.3) is 0 Å². The van der Waals surface area contributed by atoms with Crippen molar-refractivity contribution in [2.75, 3.05) is 0 Å². The van der Waals surface area contributed by atoms with Crippen molar-refractivity contribution < 1.29 is 0 Å². The van der Waals surface area contributed by atoms with Crippen LogP contribution in [0.3, 0.4) is 0 Å². The molecule has 1 unspecified atom stereocenters. The maximum absolute atomic E-state index is 3.56. The number of hydrogen-bond acceptors (Lipinski definition) is 0. The molecule has 12 heavy (non-hydrogen) atoms. The molecule has 3 heteroatoms. The first-order chi connectivity index (χ1) is 5.74. The zero-order chi connectivity index (χ0) is 8.97. The van der Waals surface area contributed by atoms with Crippen molar-refractivity contribution >= 4 is 54.5 Å². The van der Waals surface area contributed by atoms with Gasteiger partial charge in [-0.1, -0.05) is 50.1 Å². The van der Waals surface area contributed by atoms with Crippen LogP contribution in [0.15, 0.2) is 35.3 Å². The first kappa shape index (κ1) is 10.7. The maximum Gasteiger partial charge on any atom is 0.0583 e. The molecule has 1 atom stereocenters. The number of alkyl halides is 1. The number of halogens is 3. The Kier molecular flexibility index (Phi) is 4.82. The Hall–Kier alpha value is 0.650. The molecule has 0 bridgehead atoms. The van der Waals surface area contributed by atoms with Crippen LogP contribution in [0.5, 0.6) is 0 Å². The molecule has 1 aromatic rings. The minimum Gasteiger partial charge on any atom is -0.0793 e. The monoisotopic (exact) mass is 400 g/mol. The molecular formula is C9H7Br2I. The molecule has 0 aliphatic carbocycles. The Morgan fingerprint density at radius 2 is 2.17 bits per heavy atom. The van der Waals surface area contributed by atoms with Crippen molar-refractivity contribution in [1.29, 1.82) is 0 Å². The summed E-state index contributed by atoms with van der Waals surface area (Å²) in [5.41, 5.74) is 1.28. The summed E-state index contributed by atoms with van der Waals surface area (Å²) in [6, 6.07) is 8.41. The SMILES string of the molecule is BrC=CC(Br)c1cccc(I)c1. The Labute approximate surface area is 103 Å². The third-order valence-electron chi connectivity index (χ3n) is 1.41. The average molecular weight is 402 g/mol. The Bertz CT molecular complexity index is 284. The second kappa shape index (κ2) is 5.40. The van der Waals surface area contributed by atoms with Crippen LogP contribution in [0.4, 0.5) is 0 Å². The summed E-state index contributed by atoms with van der Waals surface area (Å²) in [7, 11) is 0. The number of rotatable bonds is 2. The Morgan fingerprint density at radius 1 is 1.42 bits per heavy atom. The largest absolute Gasteiger partial charge is 0.0793 e. The summed E-state index contributed by atoms with van der Waals surface area (Å²) in [6.45, 7) is 0. The summed E-state index contributed by atoms with van der Waals surface area (Å²) in [6.07, 6.45) is 2.05. The van der Waals surface area contributed by atoms with Gasteiger partial charge >= 0.3 is 0 Å². The van der Waals surface area contributed by atoms with E-state index in [0.29, 0.717) is 4.83 Å². The van der Waals surface area contributed by atoms with Gasteiger partial charge in [0.25, 0.3) is 0 Å². The molecule has 0 amide bonds. The molecule has 64 valence electrons. The Balaban J connectivity index is 2.87. The second-order valence-electron chi connectivity index (χ2n) is 2.28. The first-order valence-electron chi connectivity index (χ1n) is 3.40. The minimum absolute atomic E-state index is 0.298. The van der Waals surface area contributed by atoms with Crippen molar-refractivity contribution in [3.05, 3.63) is 44.5 Å². The molecule has 0 aromatic heterocycles. The van der Waals surface area contributed by atoms with Gasteiger partial charge in [0, 0.05) is 3.57 Å². The van der Waals surface area contributed by atoms with E-state index in [2.05, 4.69) is 78.7 Å². The lowest BCUT2D eigenvalue weighted by molar-refractivity contribution is 1.25. The highest BCUT2D eigenvalue weighted by Crippen LogP contribution is 2.25. The van der Waals surface area contributed by atoms with Crippen LogP contribution in [0, 0.1) is 3.57 Å². The molecule has 0 N–H and O–H groups in total. The van der Waals surface area contributed by atoms with Gasteiger partial charge in [0.1, 0.15) is 0 Å². The molecule has 0 radical (unpaired) electrons. The van der Waals surface area contributed by atoms with E-state index in [1.54, 1.807) is 0 Å². The van der Waals surface area contributed by atoms with Crippen molar-refractivity contribution in [3.63, 3.8) is 0 Å². The highest BCUT2D eigenvalue weighted by Gasteiger charge is 2.01. The zero-order valence-electron chi connectivity index (χ0n) is 6.18. The van der Waals surface area contributed by atoms with E-state index in [4.69, 9.17) is 0 Å². The lowest BCUT2D eigenvalue weighted by Gasteiger charge is -2.04. The summed E-state index contributed by atoms with van der Waals surface area (Å²) in [5.74, 6) is 0. The zero-order valence-corrected chi connectivity index (χ0v) is 11.5. The lowest BCUT2D eigenvalue weighted by Crippen LogP contribution is -1.84. The van der Waals surface area contributed by atoms with Gasteiger partial charge < -0.3 is 0 Å². The van der Waals surface area contributed by atoms with Crippen LogP contribution >= 0.6 is 54.5 Å². The summed E-state index contributed by atoms with van der Waals surface area (Å²) in [5, 5.41) is 0. The average Bonchev–Trinajstić information content (AvgIpc) is 2.05. The summed E-state index contributed by atoms with van der Waals surface area (Å²) < 4.78 is 1.26. The van der Waals surface area contributed by atoms with Gasteiger partial charge in [0.15, 0.2) is 0 Å². The smallest absolute Gasteiger partial charge is 0.0583 e. The first-order valence-corrected chi connectivity index (χ1v) is 6.31. The normalized spacial score (nSPS) is 13.6. The van der Waals surface area contributed by atoms with Crippen LogP contribution in [0.1, 0.15) is 10.4 Å². The molecular weight excluding hydrogens is 395 g/mol. The van der Waals surface area contributed by atoms with Gasteiger partial charge in [-0.2, -0.15) is 0 Å². The van der Waals surface area contributed by atoms with Crippen molar-refractivity contribution in [2.24, 2.45) is 0 Å². The van der Waals surface area contributed by atoms with Crippen LogP contribution in [-0.2, 0) is 0 Å². The fourth-order valence-corrected chi connectivity index (χ4v) is 2.57. The van der Waals surface area contributed by atoms with E-state index in [9.17, 15) is 0 Å². The minimum atomic E-state index is 0.298. The number of allylic oxidation sites excluding steroid dienone is 1. The van der Waals surface area contributed by atoms with Gasteiger partial charge in [-0.05, 0) is 45.3 Å². The quantitative estimate of drug-likeness (QED) is 0.500. The predicted molar refractivity (Wildman–Crippen MR) is 68.9 cm³/mol. The molecule has 0 nitrogen and oxygen atoms in total. The van der Waals surface area contributed by atoms with Gasteiger partial charge in [-0.25, -0.2) is 0 Å². The maximum atomic E-state index is 3.56. The van der Waals surface area contributed by atoms with Gasteiger partial charge in [0.05, 0.1) is 4.83 Å². The molecule has 0 saturated heterocycles. The van der Waals surface area contributed by atoms with E-state index in [1.165, 1.54) is 9.13 Å². The second-order valence-corrected chi connectivity index (χ2v) is 5.04. The number of hydrogen-bond donors (Lipinski definition) is 0. The molecule has 1 aromatic carbocycles. The Morgan fingerprint density at radius 3 is 2.75 bits per heavy atom. The van der Waals surface area contributed by atoms with Gasteiger partial charge in [0.2, 0.25) is 0 Å². The van der Waals surface area contributed by atoms with E-state index >= 15 is 0 Å². The summed E-state index contributed by atoms with van der Waals surface area (Å²) in [4.78, 5) is 2.17. The van der Waals surface area contributed by atoms with E-state index in [1.807, 2.05) is 11.1 Å². The van der Waals surface area contributed by atoms with Crippen LogP contribution in [0.2, 0.25) is 0 Å². The van der Waals surface area contributed by atoms with E-state index in [0.717, 1.165) is 0 Å². The van der Waals surface area contributed by atoms with Crippen molar-refractivity contribution in [1.82, 2.24) is 0 Å². The van der Waals surface area contributed by atoms with Crippen molar-refractivity contribution in [2.45, 2.75) is 4.83 Å². The standard InChI is InChI=1S/C9H7Br2I/c10-5-4-9(11)7-2-1-3-8(12)6-7/h1-6,9H. The fraction of sp³-hybridized carbons (Fsp3) is 0.111. The lowest BCUT2D eigenvalue weighted by atomic mass is 10.1. The molecule has 0 aliphatic rings. The third kappa shape index (κ3) is 3.18. The van der Waals surface area contributed by atoms with Gasteiger partial charge in [-0.3, -0.25) is 0 Å². The molecule has 0 saturated carbocycles. The fourth-order valence-electron chi connectivity index (χ4n) is 0.853. The molecule has 0 heterocycles. The molecule has 1 rings (SSSR count). The van der Waals surface area contributed by atoms with Crippen LogP contribution in [-0.4, -0.2) is 0 Å². The van der Waals surface area contributed by atoms with Crippen molar-refractivity contribution in [3.8, 4) is 0 Å². The predicted octanol–water partition coefficient (Wildman–Crippen LogP) is 4.64. The van der Waals surface area contributed by atoms with E-state index < -0.39 is 0 Å². The highest BCUT2D eigenvalue weighted by molar-refractivity contribution is 14.1. The third-order valence-corrected chi connectivity index (χ3v) is 3.22. The number of benzene rings is 1. The molecule has 0 spiro atoms. The van der Waals surface area contributed by atoms with Crippen LogP contribution < -0.4 is 0 Å². The molecule has 0 aliphatic heterocycles. The van der Waals surface area contributed by atoms with E-state index in [-0.39, 0.29) is 0 Å². The molecule has 0 fully saturated rings. The highest BCUT2D eigenvalue weighted by atomic mass is 127.